The zero-order valence-electron chi connectivity index (χ0n) is 9.60. The SMILES string of the molecule is CC(C)c1nnsc1C(=O)NCc1cn[nH]c1. The number of aromatic amines is 1. The van der Waals surface area contributed by atoms with Crippen LogP contribution < -0.4 is 5.32 Å². The lowest BCUT2D eigenvalue weighted by Gasteiger charge is -2.04. The van der Waals surface area contributed by atoms with E-state index in [1.54, 1.807) is 12.4 Å². The van der Waals surface area contributed by atoms with Crippen molar-refractivity contribution in [2.45, 2.75) is 26.3 Å². The molecule has 0 fully saturated rings. The Kier molecular flexibility index (Phi) is 3.48. The van der Waals surface area contributed by atoms with Crippen molar-refractivity contribution in [1.82, 2.24) is 25.1 Å². The van der Waals surface area contributed by atoms with Crippen LogP contribution in [-0.2, 0) is 6.54 Å². The van der Waals surface area contributed by atoms with Crippen molar-refractivity contribution in [2.24, 2.45) is 0 Å². The van der Waals surface area contributed by atoms with Gasteiger partial charge in [0.1, 0.15) is 4.88 Å². The number of carbonyl (C=O) groups is 1. The normalized spacial score (nSPS) is 10.8. The number of amides is 1. The predicted molar refractivity (Wildman–Crippen MR) is 63.8 cm³/mol. The highest BCUT2D eigenvalue weighted by atomic mass is 32.1. The Bertz CT molecular complexity index is 491. The van der Waals surface area contributed by atoms with Gasteiger partial charge in [0.15, 0.2) is 0 Å². The zero-order valence-corrected chi connectivity index (χ0v) is 10.4. The van der Waals surface area contributed by atoms with E-state index in [4.69, 9.17) is 0 Å². The molecule has 0 aliphatic carbocycles. The average molecular weight is 251 g/mol. The first-order valence-corrected chi connectivity index (χ1v) is 6.04. The molecule has 0 saturated carbocycles. The van der Waals surface area contributed by atoms with E-state index < -0.39 is 0 Å². The number of nitrogens with one attached hydrogen (secondary N) is 2. The van der Waals surface area contributed by atoms with Crippen molar-refractivity contribution in [3.63, 3.8) is 0 Å². The summed E-state index contributed by atoms with van der Waals surface area (Å²) in [7, 11) is 0. The molecule has 0 atom stereocenters. The predicted octanol–water partition coefficient (Wildman–Crippen LogP) is 1.31. The molecule has 2 N–H and O–H groups in total. The summed E-state index contributed by atoms with van der Waals surface area (Å²) < 4.78 is 3.82. The maximum atomic E-state index is 11.9. The van der Waals surface area contributed by atoms with E-state index in [9.17, 15) is 4.79 Å². The molecular weight excluding hydrogens is 238 g/mol. The first-order valence-electron chi connectivity index (χ1n) is 5.26. The molecule has 0 aromatic carbocycles. The Morgan fingerprint density at radius 2 is 2.41 bits per heavy atom. The highest BCUT2D eigenvalue weighted by Gasteiger charge is 2.18. The third kappa shape index (κ3) is 2.68. The molecule has 0 spiro atoms. The molecular formula is C10H13N5OS. The molecule has 0 bridgehead atoms. The minimum atomic E-state index is -0.134. The van der Waals surface area contributed by atoms with Gasteiger partial charge in [-0.1, -0.05) is 18.3 Å². The van der Waals surface area contributed by atoms with Gasteiger partial charge in [0.05, 0.1) is 11.9 Å². The highest BCUT2D eigenvalue weighted by molar-refractivity contribution is 7.08. The summed E-state index contributed by atoms with van der Waals surface area (Å²) in [5.41, 5.74) is 1.68. The molecule has 0 aliphatic heterocycles. The average Bonchev–Trinajstić information content (AvgIpc) is 2.96. The number of nitrogens with zero attached hydrogens (tertiary/aromatic N) is 3. The van der Waals surface area contributed by atoms with Crippen molar-refractivity contribution >= 4 is 17.4 Å². The van der Waals surface area contributed by atoms with Crippen LogP contribution in [0.2, 0.25) is 0 Å². The van der Waals surface area contributed by atoms with Crippen LogP contribution >= 0.6 is 11.5 Å². The first-order chi connectivity index (χ1) is 8.18. The fraction of sp³-hybridized carbons (Fsp3) is 0.400. The van der Waals surface area contributed by atoms with Crippen molar-refractivity contribution in [1.29, 1.82) is 0 Å². The van der Waals surface area contributed by atoms with Gasteiger partial charge in [0.25, 0.3) is 5.91 Å². The maximum absolute atomic E-state index is 11.9. The summed E-state index contributed by atoms with van der Waals surface area (Å²) in [6.07, 6.45) is 3.42. The molecule has 0 radical (unpaired) electrons. The highest BCUT2D eigenvalue weighted by Crippen LogP contribution is 2.19. The minimum absolute atomic E-state index is 0.134. The van der Waals surface area contributed by atoms with Crippen LogP contribution in [0.25, 0.3) is 0 Å². The molecule has 7 heteroatoms. The Hall–Kier alpha value is -1.76. The standard InChI is InChI=1S/C10H13N5OS/c1-6(2)8-9(17-15-14-8)10(16)11-3-7-4-12-13-5-7/h4-6H,3H2,1-2H3,(H,11,16)(H,12,13). The van der Waals surface area contributed by atoms with Crippen molar-refractivity contribution < 1.29 is 4.79 Å². The van der Waals surface area contributed by atoms with Crippen LogP contribution in [0.4, 0.5) is 0 Å². The van der Waals surface area contributed by atoms with Gasteiger partial charge in [0.2, 0.25) is 0 Å². The van der Waals surface area contributed by atoms with E-state index >= 15 is 0 Å². The number of carbonyl (C=O) groups excluding carboxylic acids is 1. The van der Waals surface area contributed by atoms with E-state index in [-0.39, 0.29) is 11.8 Å². The van der Waals surface area contributed by atoms with Gasteiger partial charge < -0.3 is 5.32 Å². The van der Waals surface area contributed by atoms with E-state index in [1.807, 2.05) is 13.8 Å². The number of H-pyrrole nitrogens is 1. The molecule has 1 amide bonds. The number of hydrogen-bond acceptors (Lipinski definition) is 5. The van der Waals surface area contributed by atoms with Crippen molar-refractivity contribution in [2.75, 3.05) is 0 Å². The van der Waals surface area contributed by atoms with Gasteiger partial charge in [-0.15, -0.1) is 5.10 Å². The summed E-state index contributed by atoms with van der Waals surface area (Å²) >= 11 is 1.13. The van der Waals surface area contributed by atoms with Gasteiger partial charge >= 0.3 is 0 Å². The van der Waals surface area contributed by atoms with Gasteiger partial charge in [-0.3, -0.25) is 9.89 Å². The van der Waals surface area contributed by atoms with Gasteiger partial charge in [-0.05, 0) is 17.5 Å². The van der Waals surface area contributed by atoms with E-state index in [0.29, 0.717) is 11.4 Å². The summed E-state index contributed by atoms with van der Waals surface area (Å²) in [5, 5.41) is 13.3. The smallest absolute Gasteiger partial charge is 0.265 e. The molecule has 2 aromatic heterocycles. The van der Waals surface area contributed by atoms with E-state index in [1.165, 1.54) is 0 Å². The molecule has 6 nitrogen and oxygen atoms in total. The van der Waals surface area contributed by atoms with Crippen molar-refractivity contribution in [3.05, 3.63) is 28.5 Å². The third-order valence-electron chi connectivity index (χ3n) is 2.27. The Morgan fingerprint density at radius 1 is 1.59 bits per heavy atom. The molecule has 0 aliphatic rings. The second-order valence-electron chi connectivity index (χ2n) is 3.93. The minimum Gasteiger partial charge on any atom is -0.347 e. The van der Waals surface area contributed by atoms with Crippen LogP contribution in [0.15, 0.2) is 12.4 Å². The van der Waals surface area contributed by atoms with Gasteiger partial charge in [0, 0.05) is 18.3 Å². The molecule has 2 aromatic rings. The summed E-state index contributed by atoms with van der Waals surface area (Å²) in [5.74, 6) is 0.0633. The molecule has 2 heterocycles. The van der Waals surface area contributed by atoms with Crippen LogP contribution in [0, 0.1) is 0 Å². The summed E-state index contributed by atoms with van der Waals surface area (Å²) in [6.45, 7) is 4.43. The first kappa shape index (κ1) is 11.7. The van der Waals surface area contributed by atoms with Gasteiger partial charge in [-0.25, -0.2) is 0 Å². The second kappa shape index (κ2) is 5.05. The molecule has 90 valence electrons. The molecule has 0 saturated heterocycles. The lowest BCUT2D eigenvalue weighted by atomic mass is 10.1. The second-order valence-corrected chi connectivity index (χ2v) is 4.69. The topological polar surface area (TPSA) is 83.6 Å². The number of aromatic nitrogens is 4. The largest absolute Gasteiger partial charge is 0.347 e. The number of hydrogen-bond donors (Lipinski definition) is 2. The van der Waals surface area contributed by atoms with Gasteiger partial charge in [-0.2, -0.15) is 5.10 Å². The van der Waals surface area contributed by atoms with Crippen LogP contribution in [0.1, 0.15) is 40.7 Å². The Labute approximate surface area is 103 Å². The van der Waals surface area contributed by atoms with Crippen molar-refractivity contribution in [3.8, 4) is 0 Å². The lowest BCUT2D eigenvalue weighted by molar-refractivity contribution is 0.0953. The lowest BCUT2D eigenvalue weighted by Crippen LogP contribution is -2.23. The maximum Gasteiger partial charge on any atom is 0.265 e. The van der Waals surface area contributed by atoms with Crippen LogP contribution in [0.3, 0.4) is 0 Å². The Morgan fingerprint density at radius 3 is 3.06 bits per heavy atom. The fourth-order valence-electron chi connectivity index (χ4n) is 1.37. The molecule has 17 heavy (non-hydrogen) atoms. The Balaban J connectivity index is 2.02. The zero-order chi connectivity index (χ0) is 12.3. The molecule has 0 unspecified atom stereocenters. The summed E-state index contributed by atoms with van der Waals surface area (Å²) in [6, 6.07) is 0. The van der Waals surface area contributed by atoms with E-state index in [0.717, 1.165) is 22.8 Å². The molecule has 2 rings (SSSR count). The third-order valence-corrected chi connectivity index (χ3v) is 3.01. The number of rotatable bonds is 4. The quantitative estimate of drug-likeness (QED) is 0.858. The monoisotopic (exact) mass is 251 g/mol. The summed E-state index contributed by atoms with van der Waals surface area (Å²) in [4.78, 5) is 12.5. The van der Waals surface area contributed by atoms with Crippen LogP contribution in [0.5, 0.6) is 0 Å². The van der Waals surface area contributed by atoms with Crippen LogP contribution in [-0.4, -0.2) is 25.7 Å². The fourth-order valence-corrected chi connectivity index (χ4v) is 2.11. The van der Waals surface area contributed by atoms with E-state index in [2.05, 4.69) is 25.1 Å².